The minimum absolute atomic E-state index is 0.173. The van der Waals surface area contributed by atoms with Gasteiger partial charge in [0.2, 0.25) is 0 Å². The number of carbonyl (C=O) groups is 1. The van der Waals surface area contributed by atoms with Gasteiger partial charge < -0.3 is 10.4 Å². The normalized spacial score (nSPS) is 10.1. The molecule has 2 aromatic rings. The number of hydrogen-bond donors (Lipinski definition) is 2. The number of carbonyl (C=O) groups excluding carboxylic acids is 1. The molecule has 0 fully saturated rings. The summed E-state index contributed by atoms with van der Waals surface area (Å²) in [5, 5.41) is 13.5. The molecule has 1 heterocycles. The molecule has 0 unspecified atom stereocenters. The SMILES string of the molecule is CC(C)c1cccc(NC(=O)c2sccc2C#CCO)c1. The first-order valence-corrected chi connectivity index (χ1v) is 7.58. The van der Waals surface area contributed by atoms with Crippen LogP contribution >= 0.6 is 11.3 Å². The van der Waals surface area contributed by atoms with Crippen LogP contribution in [0.5, 0.6) is 0 Å². The van der Waals surface area contributed by atoms with Gasteiger partial charge in [0.15, 0.2) is 0 Å². The molecule has 0 radical (unpaired) electrons. The van der Waals surface area contributed by atoms with Crippen molar-refractivity contribution >= 4 is 22.9 Å². The number of nitrogens with one attached hydrogen (secondary N) is 1. The Morgan fingerprint density at radius 1 is 1.38 bits per heavy atom. The van der Waals surface area contributed by atoms with Crippen molar-refractivity contribution in [2.45, 2.75) is 19.8 Å². The van der Waals surface area contributed by atoms with Crippen molar-refractivity contribution in [2.24, 2.45) is 0 Å². The fraction of sp³-hybridized carbons (Fsp3) is 0.235. The van der Waals surface area contributed by atoms with Crippen LogP contribution in [0.2, 0.25) is 0 Å². The van der Waals surface area contributed by atoms with E-state index in [-0.39, 0.29) is 12.5 Å². The molecule has 0 aliphatic rings. The number of aliphatic hydroxyl groups excluding tert-OH is 1. The van der Waals surface area contributed by atoms with Crippen LogP contribution in [0.3, 0.4) is 0 Å². The number of thiophene rings is 1. The third-order valence-corrected chi connectivity index (χ3v) is 3.90. The third kappa shape index (κ3) is 3.94. The predicted octanol–water partition coefficient (Wildman–Crippen LogP) is 3.47. The van der Waals surface area contributed by atoms with E-state index in [2.05, 4.69) is 31.0 Å². The van der Waals surface area contributed by atoms with Crippen LogP contribution in [-0.2, 0) is 0 Å². The summed E-state index contributed by atoms with van der Waals surface area (Å²) in [5.74, 6) is 5.59. The Kier molecular flexibility index (Phi) is 5.15. The van der Waals surface area contributed by atoms with Gasteiger partial charge in [0, 0.05) is 11.3 Å². The van der Waals surface area contributed by atoms with Gasteiger partial charge in [-0.15, -0.1) is 11.3 Å². The van der Waals surface area contributed by atoms with Gasteiger partial charge in [-0.1, -0.05) is 37.8 Å². The highest BCUT2D eigenvalue weighted by atomic mass is 32.1. The number of amides is 1. The van der Waals surface area contributed by atoms with Crippen molar-refractivity contribution in [1.29, 1.82) is 0 Å². The lowest BCUT2D eigenvalue weighted by atomic mass is 10.0. The molecule has 1 aromatic carbocycles. The zero-order valence-corrected chi connectivity index (χ0v) is 12.8. The monoisotopic (exact) mass is 299 g/mol. The van der Waals surface area contributed by atoms with Gasteiger partial charge in [-0.2, -0.15) is 0 Å². The summed E-state index contributed by atoms with van der Waals surface area (Å²) in [7, 11) is 0. The molecule has 3 nitrogen and oxygen atoms in total. The van der Waals surface area contributed by atoms with Crippen molar-refractivity contribution < 1.29 is 9.90 Å². The van der Waals surface area contributed by atoms with Gasteiger partial charge >= 0.3 is 0 Å². The Labute approximate surface area is 128 Å². The summed E-state index contributed by atoms with van der Waals surface area (Å²) >= 11 is 1.34. The number of rotatable bonds is 3. The highest BCUT2D eigenvalue weighted by Crippen LogP contribution is 2.21. The molecular formula is C17H17NO2S. The van der Waals surface area contributed by atoms with Crippen LogP contribution in [0.25, 0.3) is 0 Å². The second-order valence-corrected chi connectivity index (χ2v) is 5.77. The largest absolute Gasteiger partial charge is 0.384 e. The van der Waals surface area contributed by atoms with Crippen LogP contribution in [0.15, 0.2) is 35.7 Å². The van der Waals surface area contributed by atoms with Crippen LogP contribution < -0.4 is 5.32 Å². The lowest BCUT2D eigenvalue weighted by Gasteiger charge is -2.09. The zero-order valence-electron chi connectivity index (χ0n) is 12.0. The molecule has 4 heteroatoms. The standard InChI is InChI=1S/C17H17NO2S/c1-12(2)14-5-3-7-15(11-14)18-17(20)16-13(6-4-9-19)8-10-21-16/h3,5,7-8,10-12,19H,9H2,1-2H3,(H,18,20). The molecule has 2 rings (SSSR count). The maximum Gasteiger partial charge on any atom is 0.267 e. The highest BCUT2D eigenvalue weighted by molar-refractivity contribution is 7.12. The van der Waals surface area contributed by atoms with Crippen LogP contribution in [0.4, 0.5) is 5.69 Å². The Hall–Kier alpha value is -2.09. The lowest BCUT2D eigenvalue weighted by Crippen LogP contribution is -2.11. The first-order chi connectivity index (χ1) is 10.1. The van der Waals surface area contributed by atoms with Gasteiger partial charge in [-0.3, -0.25) is 4.79 Å². The number of aliphatic hydroxyl groups is 1. The lowest BCUT2D eigenvalue weighted by molar-refractivity contribution is 0.103. The third-order valence-electron chi connectivity index (χ3n) is 2.98. The average molecular weight is 299 g/mol. The maximum atomic E-state index is 12.3. The zero-order chi connectivity index (χ0) is 15.2. The summed E-state index contributed by atoms with van der Waals surface area (Å²) in [4.78, 5) is 12.9. The van der Waals surface area contributed by atoms with Crippen molar-refractivity contribution in [3.05, 3.63) is 51.7 Å². The van der Waals surface area contributed by atoms with Crippen molar-refractivity contribution in [2.75, 3.05) is 11.9 Å². The Morgan fingerprint density at radius 2 is 2.19 bits per heavy atom. The quantitative estimate of drug-likeness (QED) is 0.853. The summed E-state index contributed by atoms with van der Waals surface area (Å²) in [6.45, 7) is 4.01. The van der Waals surface area contributed by atoms with E-state index in [9.17, 15) is 4.79 Å². The fourth-order valence-corrected chi connectivity index (χ4v) is 2.63. The molecule has 0 aliphatic heterocycles. The van der Waals surface area contributed by atoms with Crippen molar-refractivity contribution in [1.82, 2.24) is 0 Å². The Balaban J connectivity index is 2.19. The molecule has 1 amide bonds. The van der Waals surface area contributed by atoms with E-state index in [1.165, 1.54) is 16.9 Å². The fourth-order valence-electron chi connectivity index (χ4n) is 1.88. The highest BCUT2D eigenvalue weighted by Gasteiger charge is 2.12. The minimum Gasteiger partial charge on any atom is -0.384 e. The Morgan fingerprint density at radius 3 is 2.90 bits per heavy atom. The van der Waals surface area contributed by atoms with E-state index < -0.39 is 0 Å². The molecule has 0 saturated carbocycles. The van der Waals surface area contributed by atoms with E-state index in [0.29, 0.717) is 16.4 Å². The first kappa shape index (κ1) is 15.3. The summed E-state index contributed by atoms with van der Waals surface area (Å²) < 4.78 is 0. The van der Waals surface area contributed by atoms with E-state index in [1.54, 1.807) is 6.07 Å². The molecule has 0 saturated heterocycles. The van der Waals surface area contributed by atoms with Gasteiger partial charge in [0.25, 0.3) is 5.91 Å². The first-order valence-electron chi connectivity index (χ1n) is 6.70. The Bertz CT molecular complexity index is 692. The van der Waals surface area contributed by atoms with Gasteiger partial charge in [-0.05, 0) is 35.1 Å². The van der Waals surface area contributed by atoms with Gasteiger partial charge in [0.05, 0.1) is 0 Å². The van der Waals surface area contributed by atoms with E-state index in [0.717, 1.165) is 5.69 Å². The summed E-state index contributed by atoms with van der Waals surface area (Å²) in [6, 6.07) is 9.62. The van der Waals surface area contributed by atoms with E-state index in [1.807, 2.05) is 29.6 Å². The molecule has 108 valence electrons. The molecule has 0 bridgehead atoms. The van der Waals surface area contributed by atoms with Crippen LogP contribution in [0.1, 0.15) is 40.6 Å². The second kappa shape index (κ2) is 7.07. The topological polar surface area (TPSA) is 49.3 Å². The van der Waals surface area contributed by atoms with E-state index in [4.69, 9.17) is 5.11 Å². The summed E-state index contributed by atoms with van der Waals surface area (Å²) in [5.41, 5.74) is 2.60. The maximum absolute atomic E-state index is 12.3. The predicted molar refractivity (Wildman–Crippen MR) is 86.8 cm³/mol. The number of benzene rings is 1. The van der Waals surface area contributed by atoms with Crippen molar-refractivity contribution in [3.8, 4) is 11.8 Å². The minimum atomic E-state index is -0.215. The molecule has 21 heavy (non-hydrogen) atoms. The molecule has 2 N–H and O–H groups in total. The van der Waals surface area contributed by atoms with Crippen LogP contribution in [0, 0.1) is 11.8 Å². The summed E-state index contributed by atoms with van der Waals surface area (Å²) in [6.07, 6.45) is 0. The van der Waals surface area contributed by atoms with Crippen molar-refractivity contribution in [3.63, 3.8) is 0 Å². The number of anilines is 1. The van der Waals surface area contributed by atoms with Crippen LogP contribution in [-0.4, -0.2) is 17.6 Å². The van der Waals surface area contributed by atoms with Gasteiger partial charge in [-0.25, -0.2) is 0 Å². The molecular weight excluding hydrogens is 282 g/mol. The molecule has 0 atom stereocenters. The second-order valence-electron chi connectivity index (χ2n) is 4.86. The molecule has 1 aromatic heterocycles. The number of hydrogen-bond acceptors (Lipinski definition) is 3. The van der Waals surface area contributed by atoms with Gasteiger partial charge in [0.1, 0.15) is 11.5 Å². The molecule has 0 aliphatic carbocycles. The molecule has 0 spiro atoms. The smallest absolute Gasteiger partial charge is 0.267 e. The average Bonchev–Trinajstić information content (AvgIpc) is 2.93. The van der Waals surface area contributed by atoms with E-state index >= 15 is 0 Å².